The molecule has 0 radical (unpaired) electrons. The SMILES string of the molecule is COCCOCCCNC(=NCCCc1cn[nH]c1C)Nc1ccc(OC(C)C)cc1.I. The van der Waals surface area contributed by atoms with Crippen LogP contribution in [0.3, 0.4) is 0 Å². The lowest BCUT2D eigenvalue weighted by Crippen LogP contribution is -2.32. The zero-order chi connectivity index (χ0) is 22.3. The highest BCUT2D eigenvalue weighted by Gasteiger charge is 2.04. The van der Waals surface area contributed by atoms with Crippen molar-refractivity contribution in [3.05, 3.63) is 41.7 Å². The maximum atomic E-state index is 5.71. The van der Waals surface area contributed by atoms with Gasteiger partial charge in [-0.3, -0.25) is 10.1 Å². The number of H-pyrrole nitrogens is 1. The number of methoxy groups -OCH3 is 1. The summed E-state index contributed by atoms with van der Waals surface area (Å²) < 4.78 is 16.2. The minimum atomic E-state index is 0. The molecule has 0 amide bonds. The standard InChI is InChI=1S/C23H37N5O3.HI/c1-18(2)31-22-10-8-21(9-11-22)27-23(25-13-6-14-30-16-15-29-4)24-12-5-7-20-17-26-28-19(20)3;/h8-11,17-18H,5-7,12-16H2,1-4H3,(H,26,28)(H2,24,25,27);1H. The number of rotatable bonds is 14. The molecule has 1 aromatic carbocycles. The second kappa shape index (κ2) is 16.7. The second-order valence-corrected chi connectivity index (χ2v) is 7.56. The highest BCUT2D eigenvalue weighted by atomic mass is 127. The van der Waals surface area contributed by atoms with Crippen molar-refractivity contribution in [2.45, 2.75) is 46.1 Å². The third-order valence-electron chi connectivity index (χ3n) is 4.49. The molecule has 32 heavy (non-hydrogen) atoms. The van der Waals surface area contributed by atoms with E-state index in [2.05, 4.69) is 20.8 Å². The first kappa shape index (κ1) is 28.2. The molecule has 2 rings (SSSR count). The van der Waals surface area contributed by atoms with Crippen molar-refractivity contribution in [3.63, 3.8) is 0 Å². The summed E-state index contributed by atoms with van der Waals surface area (Å²) in [6.45, 7) is 9.50. The molecule has 0 unspecified atom stereocenters. The molecule has 0 aliphatic carbocycles. The van der Waals surface area contributed by atoms with Crippen LogP contribution in [0.1, 0.15) is 37.9 Å². The lowest BCUT2D eigenvalue weighted by Gasteiger charge is -2.14. The lowest BCUT2D eigenvalue weighted by atomic mass is 10.1. The average molecular weight is 559 g/mol. The van der Waals surface area contributed by atoms with Gasteiger partial charge in [0.05, 0.1) is 25.5 Å². The van der Waals surface area contributed by atoms with E-state index in [1.165, 1.54) is 5.56 Å². The van der Waals surface area contributed by atoms with Crippen LogP contribution in [0.5, 0.6) is 5.75 Å². The van der Waals surface area contributed by atoms with Crippen molar-refractivity contribution >= 4 is 35.6 Å². The third-order valence-corrected chi connectivity index (χ3v) is 4.49. The maximum Gasteiger partial charge on any atom is 0.195 e. The number of guanidine groups is 1. The van der Waals surface area contributed by atoms with Crippen molar-refractivity contribution < 1.29 is 14.2 Å². The largest absolute Gasteiger partial charge is 0.491 e. The second-order valence-electron chi connectivity index (χ2n) is 7.56. The number of hydrogen-bond acceptors (Lipinski definition) is 5. The fraction of sp³-hybridized carbons (Fsp3) is 0.565. The van der Waals surface area contributed by atoms with Crippen LogP contribution in [-0.4, -0.2) is 62.3 Å². The van der Waals surface area contributed by atoms with Gasteiger partial charge in [-0.05, 0) is 69.9 Å². The van der Waals surface area contributed by atoms with E-state index in [0.29, 0.717) is 19.8 Å². The van der Waals surface area contributed by atoms with Gasteiger partial charge in [-0.15, -0.1) is 24.0 Å². The van der Waals surface area contributed by atoms with E-state index in [0.717, 1.165) is 55.4 Å². The molecule has 0 saturated heterocycles. The predicted octanol–water partition coefficient (Wildman–Crippen LogP) is 4.17. The predicted molar refractivity (Wildman–Crippen MR) is 141 cm³/mol. The Morgan fingerprint density at radius 3 is 2.56 bits per heavy atom. The Balaban J connectivity index is 0.00000512. The molecule has 0 bridgehead atoms. The van der Waals surface area contributed by atoms with Crippen LogP contribution < -0.4 is 15.4 Å². The van der Waals surface area contributed by atoms with Crippen LogP contribution in [0, 0.1) is 6.92 Å². The van der Waals surface area contributed by atoms with Crippen molar-refractivity contribution in [2.75, 3.05) is 45.3 Å². The van der Waals surface area contributed by atoms with Crippen LogP contribution in [-0.2, 0) is 15.9 Å². The fourth-order valence-electron chi connectivity index (χ4n) is 2.88. The molecule has 0 spiro atoms. The van der Waals surface area contributed by atoms with Gasteiger partial charge in [-0.2, -0.15) is 5.10 Å². The zero-order valence-corrected chi connectivity index (χ0v) is 22.0. The topological polar surface area (TPSA) is 92.8 Å². The molecule has 1 aromatic heterocycles. The molecule has 0 saturated carbocycles. The molecule has 3 N–H and O–H groups in total. The number of anilines is 1. The van der Waals surface area contributed by atoms with E-state index in [-0.39, 0.29) is 30.1 Å². The maximum absolute atomic E-state index is 5.71. The van der Waals surface area contributed by atoms with Crippen molar-refractivity contribution in [2.24, 2.45) is 4.99 Å². The average Bonchev–Trinajstić information content (AvgIpc) is 3.16. The summed E-state index contributed by atoms with van der Waals surface area (Å²) in [5.74, 6) is 1.62. The van der Waals surface area contributed by atoms with Gasteiger partial charge in [0.2, 0.25) is 0 Å². The molecule has 9 heteroatoms. The number of benzene rings is 1. The van der Waals surface area contributed by atoms with Crippen LogP contribution >= 0.6 is 24.0 Å². The van der Waals surface area contributed by atoms with Gasteiger partial charge in [0.1, 0.15) is 5.75 Å². The quantitative estimate of drug-likeness (QED) is 0.139. The molecule has 1 heterocycles. The minimum absolute atomic E-state index is 0. The number of nitrogens with zero attached hydrogens (tertiary/aromatic N) is 2. The van der Waals surface area contributed by atoms with Crippen LogP contribution in [0.4, 0.5) is 5.69 Å². The molecule has 0 aliphatic heterocycles. The van der Waals surface area contributed by atoms with Crippen LogP contribution in [0.25, 0.3) is 0 Å². The number of aromatic amines is 1. The zero-order valence-electron chi connectivity index (χ0n) is 19.6. The third kappa shape index (κ3) is 11.7. The molecular formula is C23H38IN5O3. The first-order valence-electron chi connectivity index (χ1n) is 11.0. The van der Waals surface area contributed by atoms with Crippen molar-refractivity contribution in [3.8, 4) is 5.75 Å². The van der Waals surface area contributed by atoms with E-state index in [4.69, 9.17) is 19.2 Å². The Morgan fingerprint density at radius 2 is 1.91 bits per heavy atom. The molecular weight excluding hydrogens is 521 g/mol. The van der Waals surface area contributed by atoms with Gasteiger partial charge >= 0.3 is 0 Å². The number of ether oxygens (including phenoxy) is 3. The summed E-state index contributed by atoms with van der Waals surface area (Å²) in [4.78, 5) is 4.74. The Kier molecular flexibility index (Phi) is 14.7. The summed E-state index contributed by atoms with van der Waals surface area (Å²) >= 11 is 0. The van der Waals surface area contributed by atoms with E-state index >= 15 is 0 Å². The van der Waals surface area contributed by atoms with E-state index in [1.807, 2.05) is 51.2 Å². The molecule has 2 aromatic rings. The summed E-state index contributed by atoms with van der Waals surface area (Å²) in [6.07, 6.45) is 4.84. The van der Waals surface area contributed by atoms with Gasteiger partial charge in [-0.1, -0.05) is 0 Å². The van der Waals surface area contributed by atoms with Crippen molar-refractivity contribution in [1.29, 1.82) is 0 Å². The molecule has 8 nitrogen and oxygen atoms in total. The number of hydrogen-bond donors (Lipinski definition) is 3. The normalized spacial score (nSPS) is 11.3. The number of aliphatic imine (C=N–C) groups is 1. The number of aryl methyl sites for hydroxylation is 2. The van der Waals surface area contributed by atoms with Gasteiger partial charge < -0.3 is 24.8 Å². The minimum Gasteiger partial charge on any atom is -0.491 e. The smallest absolute Gasteiger partial charge is 0.195 e. The Hall–Kier alpha value is -1.85. The number of halogens is 1. The monoisotopic (exact) mass is 559 g/mol. The fourth-order valence-corrected chi connectivity index (χ4v) is 2.88. The van der Waals surface area contributed by atoms with Crippen LogP contribution in [0.2, 0.25) is 0 Å². The molecule has 0 aliphatic rings. The summed E-state index contributed by atoms with van der Waals surface area (Å²) in [5.41, 5.74) is 3.33. The summed E-state index contributed by atoms with van der Waals surface area (Å²) in [6, 6.07) is 7.92. The number of aromatic nitrogens is 2. The Bertz CT molecular complexity index is 765. The lowest BCUT2D eigenvalue weighted by molar-refractivity contribution is 0.0699. The van der Waals surface area contributed by atoms with Crippen molar-refractivity contribution in [1.82, 2.24) is 15.5 Å². The van der Waals surface area contributed by atoms with Gasteiger partial charge in [0.15, 0.2) is 5.96 Å². The summed E-state index contributed by atoms with van der Waals surface area (Å²) in [5, 5.41) is 13.8. The van der Waals surface area contributed by atoms with E-state index in [9.17, 15) is 0 Å². The molecule has 180 valence electrons. The van der Waals surface area contributed by atoms with Gasteiger partial charge in [-0.25, -0.2) is 0 Å². The first-order valence-corrected chi connectivity index (χ1v) is 11.0. The highest BCUT2D eigenvalue weighted by Crippen LogP contribution is 2.17. The molecule has 0 atom stereocenters. The first-order chi connectivity index (χ1) is 15.1. The van der Waals surface area contributed by atoms with Gasteiger partial charge in [0, 0.05) is 38.2 Å². The molecule has 0 fully saturated rings. The van der Waals surface area contributed by atoms with E-state index < -0.39 is 0 Å². The number of nitrogens with one attached hydrogen (secondary N) is 3. The van der Waals surface area contributed by atoms with Gasteiger partial charge in [0.25, 0.3) is 0 Å². The Morgan fingerprint density at radius 1 is 1.12 bits per heavy atom. The highest BCUT2D eigenvalue weighted by molar-refractivity contribution is 14.0. The van der Waals surface area contributed by atoms with Crippen LogP contribution in [0.15, 0.2) is 35.5 Å². The van der Waals surface area contributed by atoms with E-state index in [1.54, 1.807) is 7.11 Å². The Labute approximate surface area is 208 Å². The summed E-state index contributed by atoms with van der Waals surface area (Å²) in [7, 11) is 1.68.